The van der Waals surface area contributed by atoms with E-state index in [1.165, 1.54) is 12.8 Å². The van der Waals surface area contributed by atoms with Crippen LogP contribution in [0.3, 0.4) is 0 Å². The first-order valence-electron chi connectivity index (χ1n) is 8.38. The molecule has 4 rings (SSSR count). The van der Waals surface area contributed by atoms with Gasteiger partial charge in [0.15, 0.2) is 5.79 Å². The van der Waals surface area contributed by atoms with Gasteiger partial charge in [0.05, 0.1) is 13.2 Å². The molecule has 0 bridgehead atoms. The van der Waals surface area contributed by atoms with Crippen LogP contribution in [-0.4, -0.2) is 55.1 Å². The average Bonchev–Trinajstić information content (AvgIpc) is 3.19. The first-order chi connectivity index (χ1) is 10.7. The second kappa shape index (κ2) is 5.66. The van der Waals surface area contributed by atoms with Crippen LogP contribution in [0.5, 0.6) is 0 Å². The highest BCUT2D eigenvalue weighted by atomic mass is 16.7. The number of aryl methyl sites for hydroxylation is 1. The van der Waals surface area contributed by atoms with Gasteiger partial charge in [-0.2, -0.15) is 0 Å². The Hall–Kier alpha value is -1.40. The third-order valence-corrected chi connectivity index (χ3v) is 4.90. The molecule has 4 heterocycles. The summed E-state index contributed by atoms with van der Waals surface area (Å²) in [5.41, 5.74) is 0. The van der Waals surface area contributed by atoms with Gasteiger partial charge in [-0.3, -0.25) is 0 Å². The SMILES string of the molecule is Cc1nc(N2CCCC2)cc(N2CCC3(CC2)OCCO3)n1. The molecule has 1 aromatic rings. The minimum atomic E-state index is -0.323. The molecule has 120 valence electrons. The fourth-order valence-corrected chi connectivity index (χ4v) is 3.67. The van der Waals surface area contributed by atoms with Crippen LogP contribution in [0.1, 0.15) is 31.5 Å². The van der Waals surface area contributed by atoms with Crippen LogP contribution < -0.4 is 9.80 Å². The Bertz CT molecular complexity index is 529. The number of nitrogens with zero attached hydrogens (tertiary/aromatic N) is 4. The summed E-state index contributed by atoms with van der Waals surface area (Å²) in [5, 5.41) is 0. The van der Waals surface area contributed by atoms with Crippen LogP contribution >= 0.6 is 0 Å². The van der Waals surface area contributed by atoms with E-state index < -0.39 is 0 Å². The van der Waals surface area contributed by atoms with Crippen LogP contribution in [-0.2, 0) is 9.47 Å². The first kappa shape index (κ1) is 14.2. The van der Waals surface area contributed by atoms with Gasteiger partial charge in [0.25, 0.3) is 0 Å². The van der Waals surface area contributed by atoms with E-state index in [0.717, 1.165) is 69.7 Å². The molecule has 0 aliphatic carbocycles. The van der Waals surface area contributed by atoms with E-state index >= 15 is 0 Å². The van der Waals surface area contributed by atoms with Crippen LogP contribution in [0, 0.1) is 6.92 Å². The summed E-state index contributed by atoms with van der Waals surface area (Å²) in [6, 6.07) is 2.15. The first-order valence-corrected chi connectivity index (χ1v) is 8.38. The number of aromatic nitrogens is 2. The number of anilines is 2. The van der Waals surface area contributed by atoms with Gasteiger partial charge in [-0.25, -0.2) is 9.97 Å². The number of ether oxygens (including phenoxy) is 2. The third kappa shape index (κ3) is 2.65. The van der Waals surface area contributed by atoms with Crippen molar-refractivity contribution in [3.63, 3.8) is 0 Å². The number of rotatable bonds is 2. The van der Waals surface area contributed by atoms with Crippen molar-refractivity contribution in [1.29, 1.82) is 0 Å². The Morgan fingerprint density at radius 3 is 2.05 bits per heavy atom. The molecule has 3 fully saturated rings. The highest BCUT2D eigenvalue weighted by Gasteiger charge is 2.40. The maximum atomic E-state index is 5.80. The molecule has 0 radical (unpaired) electrons. The van der Waals surface area contributed by atoms with Crippen molar-refractivity contribution in [3.05, 3.63) is 11.9 Å². The maximum absolute atomic E-state index is 5.80. The van der Waals surface area contributed by atoms with Crippen molar-refractivity contribution in [2.75, 3.05) is 49.2 Å². The molecule has 6 heteroatoms. The predicted octanol–water partition coefficient (Wildman–Crippen LogP) is 1.73. The topological polar surface area (TPSA) is 50.7 Å². The molecular formula is C16H24N4O2. The van der Waals surface area contributed by atoms with Gasteiger partial charge in [-0.1, -0.05) is 0 Å². The summed E-state index contributed by atoms with van der Waals surface area (Å²) in [6.45, 7) is 7.52. The second-order valence-corrected chi connectivity index (χ2v) is 6.42. The molecule has 1 spiro atoms. The lowest BCUT2D eigenvalue weighted by Crippen LogP contribution is -2.45. The Kier molecular flexibility index (Phi) is 3.66. The minimum absolute atomic E-state index is 0.323. The Morgan fingerprint density at radius 2 is 1.45 bits per heavy atom. The molecule has 3 saturated heterocycles. The summed E-state index contributed by atoms with van der Waals surface area (Å²) in [4.78, 5) is 14.0. The predicted molar refractivity (Wildman–Crippen MR) is 84.3 cm³/mol. The molecule has 0 N–H and O–H groups in total. The van der Waals surface area contributed by atoms with Gasteiger partial charge in [0.1, 0.15) is 17.5 Å². The van der Waals surface area contributed by atoms with Gasteiger partial charge < -0.3 is 19.3 Å². The van der Waals surface area contributed by atoms with Crippen LogP contribution in [0.4, 0.5) is 11.6 Å². The number of hydrogen-bond acceptors (Lipinski definition) is 6. The monoisotopic (exact) mass is 304 g/mol. The smallest absolute Gasteiger partial charge is 0.171 e. The molecule has 3 aliphatic heterocycles. The van der Waals surface area contributed by atoms with Crippen molar-refractivity contribution in [2.24, 2.45) is 0 Å². The largest absolute Gasteiger partial charge is 0.356 e. The second-order valence-electron chi connectivity index (χ2n) is 6.42. The number of hydrogen-bond donors (Lipinski definition) is 0. The zero-order chi connectivity index (χ0) is 15.0. The summed E-state index contributed by atoms with van der Waals surface area (Å²) >= 11 is 0. The van der Waals surface area contributed by atoms with E-state index in [2.05, 4.69) is 25.8 Å². The maximum Gasteiger partial charge on any atom is 0.171 e. The van der Waals surface area contributed by atoms with E-state index in [9.17, 15) is 0 Å². The standard InChI is InChI=1S/C16H24N4O2/c1-13-17-14(19-6-2-3-7-19)12-15(18-13)20-8-4-16(5-9-20)21-10-11-22-16/h12H,2-11H2,1H3. The summed E-state index contributed by atoms with van der Waals surface area (Å²) in [6.07, 6.45) is 4.35. The summed E-state index contributed by atoms with van der Waals surface area (Å²) in [5.74, 6) is 2.65. The highest BCUT2D eigenvalue weighted by molar-refractivity contribution is 5.51. The fourth-order valence-electron chi connectivity index (χ4n) is 3.67. The zero-order valence-electron chi connectivity index (χ0n) is 13.3. The van der Waals surface area contributed by atoms with Crippen molar-refractivity contribution >= 4 is 11.6 Å². The molecule has 0 unspecified atom stereocenters. The lowest BCUT2D eigenvalue weighted by Gasteiger charge is -2.38. The Morgan fingerprint density at radius 1 is 0.909 bits per heavy atom. The highest BCUT2D eigenvalue weighted by Crippen LogP contribution is 2.33. The molecule has 0 saturated carbocycles. The van der Waals surface area contributed by atoms with Crippen molar-refractivity contribution in [1.82, 2.24) is 9.97 Å². The Balaban J connectivity index is 1.50. The Labute approximate surface area is 131 Å². The number of piperidine rings is 1. The van der Waals surface area contributed by atoms with E-state index in [1.807, 2.05) is 6.92 Å². The summed E-state index contributed by atoms with van der Waals surface area (Å²) in [7, 11) is 0. The van der Waals surface area contributed by atoms with Crippen LogP contribution in [0.25, 0.3) is 0 Å². The van der Waals surface area contributed by atoms with Crippen molar-refractivity contribution < 1.29 is 9.47 Å². The average molecular weight is 304 g/mol. The molecule has 0 atom stereocenters. The molecular weight excluding hydrogens is 280 g/mol. The van der Waals surface area contributed by atoms with Crippen molar-refractivity contribution in [3.8, 4) is 0 Å². The molecule has 6 nitrogen and oxygen atoms in total. The van der Waals surface area contributed by atoms with E-state index in [0.29, 0.717) is 0 Å². The molecule has 22 heavy (non-hydrogen) atoms. The van der Waals surface area contributed by atoms with Gasteiger partial charge >= 0.3 is 0 Å². The molecule has 1 aromatic heterocycles. The zero-order valence-corrected chi connectivity index (χ0v) is 13.3. The quantitative estimate of drug-likeness (QED) is 0.829. The fraction of sp³-hybridized carbons (Fsp3) is 0.750. The van der Waals surface area contributed by atoms with Gasteiger partial charge in [-0.05, 0) is 19.8 Å². The molecule has 3 aliphatic rings. The lowest BCUT2D eigenvalue weighted by molar-refractivity contribution is -0.169. The van der Waals surface area contributed by atoms with E-state index in [-0.39, 0.29) is 5.79 Å². The minimum Gasteiger partial charge on any atom is -0.356 e. The van der Waals surface area contributed by atoms with Gasteiger partial charge in [0.2, 0.25) is 0 Å². The third-order valence-electron chi connectivity index (χ3n) is 4.90. The van der Waals surface area contributed by atoms with E-state index in [4.69, 9.17) is 9.47 Å². The van der Waals surface area contributed by atoms with Crippen LogP contribution in [0.15, 0.2) is 6.07 Å². The summed E-state index contributed by atoms with van der Waals surface area (Å²) < 4.78 is 11.6. The molecule has 0 amide bonds. The normalized spacial score (nSPS) is 24.4. The van der Waals surface area contributed by atoms with Crippen molar-refractivity contribution in [2.45, 2.75) is 38.4 Å². The lowest BCUT2D eigenvalue weighted by atomic mass is 10.0. The van der Waals surface area contributed by atoms with E-state index in [1.54, 1.807) is 0 Å². The van der Waals surface area contributed by atoms with Crippen LogP contribution in [0.2, 0.25) is 0 Å². The van der Waals surface area contributed by atoms with Gasteiger partial charge in [-0.15, -0.1) is 0 Å². The van der Waals surface area contributed by atoms with Gasteiger partial charge in [0, 0.05) is 45.1 Å². The molecule has 0 aromatic carbocycles.